The quantitative estimate of drug-likeness (QED) is 0.373. The topological polar surface area (TPSA) is 0 Å². The summed E-state index contributed by atoms with van der Waals surface area (Å²) in [5, 5.41) is 0. The zero-order chi connectivity index (χ0) is 14.8. The van der Waals surface area contributed by atoms with Crippen LogP contribution >= 0.6 is 11.3 Å². The number of unbranched alkanes of at least 4 members (excludes halogenated alkanes) is 8. The Bertz CT molecular complexity index is 351. The Hall–Kier alpha value is -0.300. The van der Waals surface area contributed by atoms with Gasteiger partial charge in [0.15, 0.2) is 0 Å². The third-order valence-electron chi connectivity index (χ3n) is 4.35. The monoisotopic (exact) mass is 294 g/mol. The second-order valence-corrected chi connectivity index (χ2v) is 7.85. The molecule has 0 saturated heterocycles. The summed E-state index contributed by atoms with van der Waals surface area (Å²) in [5.74, 6) is 0.754. The fourth-order valence-corrected chi connectivity index (χ4v) is 4.10. The Morgan fingerprint density at radius 1 is 0.900 bits per heavy atom. The minimum atomic E-state index is 0.754. The van der Waals surface area contributed by atoms with Crippen molar-refractivity contribution < 1.29 is 0 Å². The minimum absolute atomic E-state index is 0.754. The number of thiophene rings is 1. The Morgan fingerprint density at radius 3 is 1.95 bits per heavy atom. The third-order valence-corrected chi connectivity index (χ3v) is 5.33. The first-order chi connectivity index (χ1) is 9.65. The first-order valence-electron chi connectivity index (χ1n) is 8.72. The zero-order valence-corrected chi connectivity index (χ0v) is 15.0. The molecule has 1 aromatic heterocycles. The molecule has 1 unspecified atom stereocenters. The van der Waals surface area contributed by atoms with E-state index in [2.05, 4.69) is 33.8 Å². The van der Waals surface area contributed by atoms with E-state index < -0.39 is 0 Å². The van der Waals surface area contributed by atoms with Crippen molar-refractivity contribution in [3.63, 3.8) is 0 Å². The molecule has 0 saturated carbocycles. The van der Waals surface area contributed by atoms with Crippen molar-refractivity contribution in [2.24, 2.45) is 0 Å². The van der Waals surface area contributed by atoms with Crippen LogP contribution in [-0.2, 0) is 0 Å². The lowest BCUT2D eigenvalue weighted by molar-refractivity contribution is 0.538. The van der Waals surface area contributed by atoms with Crippen molar-refractivity contribution in [3.8, 4) is 0 Å². The first-order valence-corrected chi connectivity index (χ1v) is 9.53. The molecule has 1 heterocycles. The summed E-state index contributed by atoms with van der Waals surface area (Å²) >= 11 is 1.95. The van der Waals surface area contributed by atoms with Crippen molar-refractivity contribution in [3.05, 3.63) is 21.4 Å². The van der Waals surface area contributed by atoms with Gasteiger partial charge in [-0.1, -0.05) is 71.6 Å². The molecule has 1 rings (SSSR count). The van der Waals surface area contributed by atoms with Gasteiger partial charge in [-0.2, -0.15) is 0 Å². The number of rotatable bonds is 11. The van der Waals surface area contributed by atoms with Crippen LogP contribution in [0.3, 0.4) is 0 Å². The predicted molar refractivity (Wildman–Crippen MR) is 94.1 cm³/mol. The average molecular weight is 295 g/mol. The van der Waals surface area contributed by atoms with Gasteiger partial charge in [-0.05, 0) is 37.8 Å². The largest absolute Gasteiger partial charge is 0.146 e. The standard InChI is InChI=1S/C19H34S/c1-5-6-7-8-9-10-11-12-13-14-16(2)19-15-17(3)20-18(19)4/h15-16H,5-14H2,1-4H3. The number of hydrogen-bond acceptors (Lipinski definition) is 1. The van der Waals surface area contributed by atoms with Crippen molar-refractivity contribution in [1.29, 1.82) is 0 Å². The average Bonchev–Trinajstić information content (AvgIpc) is 2.75. The van der Waals surface area contributed by atoms with E-state index in [0.717, 1.165) is 5.92 Å². The van der Waals surface area contributed by atoms with Crippen LogP contribution in [0.1, 0.15) is 99.3 Å². The van der Waals surface area contributed by atoms with E-state index in [4.69, 9.17) is 0 Å². The zero-order valence-electron chi connectivity index (χ0n) is 14.1. The van der Waals surface area contributed by atoms with Gasteiger partial charge in [0.25, 0.3) is 0 Å². The smallest absolute Gasteiger partial charge is 0.00517 e. The van der Waals surface area contributed by atoms with Gasteiger partial charge in [-0.15, -0.1) is 11.3 Å². The van der Waals surface area contributed by atoms with Gasteiger partial charge in [0.05, 0.1) is 0 Å². The molecule has 0 aliphatic carbocycles. The van der Waals surface area contributed by atoms with Crippen LogP contribution in [0.15, 0.2) is 6.07 Å². The lowest BCUT2D eigenvalue weighted by Crippen LogP contribution is -1.93. The van der Waals surface area contributed by atoms with Gasteiger partial charge in [0, 0.05) is 9.75 Å². The molecule has 1 atom stereocenters. The maximum atomic E-state index is 2.40. The normalized spacial score (nSPS) is 12.8. The van der Waals surface area contributed by atoms with Crippen LogP contribution in [0.5, 0.6) is 0 Å². The summed E-state index contributed by atoms with van der Waals surface area (Å²) in [6, 6.07) is 2.40. The Balaban J connectivity index is 2.02. The van der Waals surface area contributed by atoms with E-state index in [1.807, 2.05) is 11.3 Å². The van der Waals surface area contributed by atoms with E-state index in [9.17, 15) is 0 Å². The highest BCUT2D eigenvalue weighted by Crippen LogP contribution is 2.30. The van der Waals surface area contributed by atoms with Gasteiger partial charge in [0.2, 0.25) is 0 Å². The van der Waals surface area contributed by atoms with Gasteiger partial charge in [-0.3, -0.25) is 0 Å². The molecule has 0 fully saturated rings. The summed E-state index contributed by atoms with van der Waals surface area (Å²) in [4.78, 5) is 3.00. The van der Waals surface area contributed by atoms with E-state index in [0.29, 0.717) is 0 Å². The summed E-state index contributed by atoms with van der Waals surface area (Å²) < 4.78 is 0. The SMILES string of the molecule is CCCCCCCCCCCC(C)c1cc(C)sc1C. The van der Waals surface area contributed by atoms with E-state index >= 15 is 0 Å². The molecule has 0 bridgehead atoms. The molecule has 0 aromatic carbocycles. The number of aryl methyl sites for hydroxylation is 2. The Labute approximate surface area is 131 Å². The summed E-state index contributed by atoms with van der Waals surface area (Å²) in [5.41, 5.74) is 1.60. The third kappa shape index (κ3) is 6.92. The maximum absolute atomic E-state index is 2.40. The van der Waals surface area contributed by atoms with Gasteiger partial charge in [-0.25, -0.2) is 0 Å². The molecule has 0 N–H and O–H groups in total. The van der Waals surface area contributed by atoms with Crippen LogP contribution in [0.2, 0.25) is 0 Å². The first kappa shape index (κ1) is 17.8. The second-order valence-electron chi connectivity index (χ2n) is 6.39. The van der Waals surface area contributed by atoms with Gasteiger partial charge < -0.3 is 0 Å². The summed E-state index contributed by atoms with van der Waals surface area (Å²) in [6.45, 7) is 9.20. The van der Waals surface area contributed by atoms with E-state index in [1.54, 1.807) is 5.56 Å². The van der Waals surface area contributed by atoms with Crippen molar-refractivity contribution in [2.45, 2.75) is 97.8 Å². The second kappa shape index (κ2) is 10.4. The minimum Gasteiger partial charge on any atom is -0.146 e. The molecule has 1 heteroatoms. The van der Waals surface area contributed by atoms with Gasteiger partial charge in [0.1, 0.15) is 0 Å². The fourth-order valence-electron chi connectivity index (χ4n) is 3.06. The molecule has 0 spiro atoms. The Morgan fingerprint density at radius 2 is 1.45 bits per heavy atom. The van der Waals surface area contributed by atoms with E-state index in [1.165, 1.54) is 74.0 Å². The molecule has 116 valence electrons. The van der Waals surface area contributed by atoms with Crippen molar-refractivity contribution >= 4 is 11.3 Å². The molecule has 0 aliphatic heterocycles. The predicted octanol–water partition coefficient (Wildman–Crippen LogP) is 7.39. The molecule has 0 amide bonds. The molecule has 0 aliphatic rings. The van der Waals surface area contributed by atoms with Crippen LogP contribution in [-0.4, -0.2) is 0 Å². The molecule has 0 nitrogen and oxygen atoms in total. The lowest BCUT2D eigenvalue weighted by atomic mass is 9.95. The van der Waals surface area contributed by atoms with Crippen LogP contribution in [0, 0.1) is 13.8 Å². The molecule has 1 aromatic rings. The fraction of sp³-hybridized carbons (Fsp3) is 0.789. The van der Waals surface area contributed by atoms with Crippen molar-refractivity contribution in [1.82, 2.24) is 0 Å². The summed E-state index contributed by atoms with van der Waals surface area (Å²) in [7, 11) is 0. The van der Waals surface area contributed by atoms with Crippen molar-refractivity contribution in [2.75, 3.05) is 0 Å². The molecule has 0 radical (unpaired) electrons. The highest BCUT2D eigenvalue weighted by Gasteiger charge is 2.10. The van der Waals surface area contributed by atoms with Crippen LogP contribution < -0.4 is 0 Å². The molecular formula is C19H34S. The summed E-state index contributed by atoms with van der Waals surface area (Å²) in [6.07, 6.45) is 14.3. The van der Waals surface area contributed by atoms with Crippen LogP contribution in [0.25, 0.3) is 0 Å². The van der Waals surface area contributed by atoms with Crippen LogP contribution in [0.4, 0.5) is 0 Å². The van der Waals surface area contributed by atoms with Gasteiger partial charge >= 0.3 is 0 Å². The number of hydrogen-bond donors (Lipinski definition) is 0. The maximum Gasteiger partial charge on any atom is 0.00517 e. The van der Waals surface area contributed by atoms with E-state index in [-0.39, 0.29) is 0 Å². The molecule has 20 heavy (non-hydrogen) atoms. The Kier molecular flexibility index (Phi) is 9.26. The lowest BCUT2D eigenvalue weighted by Gasteiger charge is -2.11. The molecular weight excluding hydrogens is 260 g/mol. The highest BCUT2D eigenvalue weighted by atomic mass is 32.1. The highest BCUT2D eigenvalue weighted by molar-refractivity contribution is 7.12.